The maximum Gasteiger partial charge on any atom is 0.235 e. The lowest BCUT2D eigenvalue weighted by Gasteiger charge is -2.38. The summed E-state index contributed by atoms with van der Waals surface area (Å²) in [6.45, 7) is 0. The zero-order valence-electron chi connectivity index (χ0n) is 12.1. The Morgan fingerprint density at radius 3 is 2.35 bits per heavy atom. The number of isocyanates is 1. The molecule has 106 valence electrons. The highest BCUT2D eigenvalue weighted by Gasteiger charge is 2.41. The number of fused-ring (bicyclic) bond motifs is 1. The van der Waals surface area contributed by atoms with E-state index in [4.69, 9.17) is 4.74 Å². The molecule has 0 spiro atoms. The van der Waals surface area contributed by atoms with Gasteiger partial charge in [0.1, 0.15) is 11.3 Å². The molecule has 0 atom stereocenters. The summed E-state index contributed by atoms with van der Waals surface area (Å²) in [6, 6.07) is 4.43. The van der Waals surface area contributed by atoms with Gasteiger partial charge in [-0.05, 0) is 68.2 Å². The molecule has 1 aromatic carbocycles. The van der Waals surface area contributed by atoms with Crippen molar-refractivity contribution in [3.05, 3.63) is 28.8 Å². The fourth-order valence-electron chi connectivity index (χ4n) is 3.51. The number of benzene rings is 1. The first kappa shape index (κ1) is 13.4. The first-order valence-electron chi connectivity index (χ1n) is 7.58. The molecule has 1 aromatic rings. The minimum atomic E-state index is -0.367. The fourth-order valence-corrected chi connectivity index (χ4v) is 3.51. The molecule has 0 saturated heterocycles. The van der Waals surface area contributed by atoms with Crippen LogP contribution >= 0.6 is 0 Å². The average molecular weight is 271 g/mol. The van der Waals surface area contributed by atoms with Crippen LogP contribution in [0.3, 0.4) is 0 Å². The normalized spacial score (nSPS) is 20.1. The topological polar surface area (TPSA) is 38.7 Å². The van der Waals surface area contributed by atoms with E-state index in [0.717, 1.165) is 43.4 Å². The Bertz CT molecular complexity index is 554. The molecule has 0 aromatic heterocycles. The average Bonchev–Trinajstić information content (AvgIpc) is 2.66. The van der Waals surface area contributed by atoms with Gasteiger partial charge >= 0.3 is 0 Å². The number of aryl methyl sites for hydroxylation is 2. The fraction of sp³-hybridized carbons (Fsp3) is 0.588. The van der Waals surface area contributed by atoms with Gasteiger partial charge in [0, 0.05) is 5.56 Å². The molecule has 2 aliphatic rings. The summed E-state index contributed by atoms with van der Waals surface area (Å²) >= 11 is 0. The molecule has 0 aliphatic heterocycles. The molecule has 2 aliphatic carbocycles. The summed E-state index contributed by atoms with van der Waals surface area (Å²) in [5.74, 6) is 0.893. The SMILES string of the molecule is COc1cc2c(cc1C1(N=C=O)CCC1)CCCCC2. The van der Waals surface area contributed by atoms with Crippen LogP contribution in [-0.4, -0.2) is 13.2 Å². The minimum absolute atomic E-state index is 0.367. The monoisotopic (exact) mass is 271 g/mol. The number of rotatable bonds is 3. The van der Waals surface area contributed by atoms with E-state index in [1.807, 2.05) is 0 Å². The standard InChI is InChI=1S/C17H21NO2/c1-20-16-11-14-7-4-2-3-6-13(14)10-15(16)17(18-12-19)8-5-9-17/h10-11H,2-9H2,1H3. The van der Waals surface area contributed by atoms with E-state index in [2.05, 4.69) is 17.1 Å². The van der Waals surface area contributed by atoms with Crippen molar-refractivity contribution in [2.45, 2.75) is 56.9 Å². The Morgan fingerprint density at radius 1 is 1.10 bits per heavy atom. The van der Waals surface area contributed by atoms with Crippen LogP contribution in [0, 0.1) is 0 Å². The number of nitrogens with zero attached hydrogens (tertiary/aromatic N) is 1. The van der Waals surface area contributed by atoms with E-state index in [9.17, 15) is 4.79 Å². The molecule has 3 rings (SSSR count). The van der Waals surface area contributed by atoms with Gasteiger partial charge in [0.15, 0.2) is 0 Å². The number of aliphatic imine (C=N–C) groups is 1. The Labute approximate surface area is 120 Å². The molecule has 1 fully saturated rings. The van der Waals surface area contributed by atoms with Crippen LogP contribution in [0.4, 0.5) is 0 Å². The third kappa shape index (κ3) is 2.16. The van der Waals surface area contributed by atoms with Crippen molar-refractivity contribution in [1.82, 2.24) is 0 Å². The van der Waals surface area contributed by atoms with Crippen LogP contribution in [0.5, 0.6) is 5.75 Å². The predicted octanol–water partition coefficient (Wildman–Crippen LogP) is 3.68. The Hall–Kier alpha value is -1.60. The minimum Gasteiger partial charge on any atom is -0.496 e. The first-order chi connectivity index (χ1) is 9.79. The van der Waals surface area contributed by atoms with Gasteiger partial charge in [-0.3, -0.25) is 0 Å². The second-order valence-corrected chi connectivity index (χ2v) is 5.97. The van der Waals surface area contributed by atoms with Crippen LogP contribution in [0.2, 0.25) is 0 Å². The molecule has 0 unspecified atom stereocenters. The molecule has 1 saturated carbocycles. The molecule has 20 heavy (non-hydrogen) atoms. The van der Waals surface area contributed by atoms with E-state index < -0.39 is 0 Å². The number of carbonyl (C=O) groups excluding carboxylic acids is 1. The number of hydrogen-bond donors (Lipinski definition) is 0. The van der Waals surface area contributed by atoms with Crippen LogP contribution in [0.15, 0.2) is 17.1 Å². The molecule has 3 nitrogen and oxygen atoms in total. The Kier molecular flexibility index (Phi) is 3.62. The molecule has 0 bridgehead atoms. The molecule has 0 radical (unpaired) electrons. The quantitative estimate of drug-likeness (QED) is 0.478. The summed E-state index contributed by atoms with van der Waals surface area (Å²) in [5.41, 5.74) is 3.56. The number of methoxy groups -OCH3 is 1. The van der Waals surface area contributed by atoms with Gasteiger partial charge in [0.25, 0.3) is 0 Å². The maximum absolute atomic E-state index is 10.8. The molecule has 0 heterocycles. The van der Waals surface area contributed by atoms with Gasteiger partial charge in [-0.2, -0.15) is 4.99 Å². The van der Waals surface area contributed by atoms with Crippen molar-refractivity contribution in [2.75, 3.05) is 7.11 Å². The van der Waals surface area contributed by atoms with Crippen LogP contribution in [0.1, 0.15) is 55.2 Å². The van der Waals surface area contributed by atoms with Crippen LogP contribution in [-0.2, 0) is 23.2 Å². The van der Waals surface area contributed by atoms with E-state index in [0.29, 0.717) is 0 Å². The molecular weight excluding hydrogens is 250 g/mol. The largest absolute Gasteiger partial charge is 0.496 e. The van der Waals surface area contributed by atoms with Gasteiger partial charge in [0.05, 0.1) is 7.11 Å². The van der Waals surface area contributed by atoms with E-state index in [1.165, 1.54) is 30.4 Å². The molecule has 0 amide bonds. The highest BCUT2D eigenvalue weighted by molar-refractivity contribution is 5.50. The summed E-state index contributed by atoms with van der Waals surface area (Å²) in [4.78, 5) is 14.9. The van der Waals surface area contributed by atoms with Crippen molar-refractivity contribution >= 4 is 6.08 Å². The van der Waals surface area contributed by atoms with Gasteiger partial charge in [-0.25, -0.2) is 4.79 Å². The molecule has 3 heteroatoms. The summed E-state index contributed by atoms with van der Waals surface area (Å²) in [6.07, 6.45) is 10.8. The maximum atomic E-state index is 10.8. The first-order valence-corrected chi connectivity index (χ1v) is 7.58. The zero-order valence-corrected chi connectivity index (χ0v) is 12.1. The van der Waals surface area contributed by atoms with E-state index in [-0.39, 0.29) is 5.54 Å². The summed E-state index contributed by atoms with van der Waals surface area (Å²) in [5, 5.41) is 0. The van der Waals surface area contributed by atoms with Crippen LogP contribution in [0.25, 0.3) is 0 Å². The smallest absolute Gasteiger partial charge is 0.235 e. The zero-order chi connectivity index (χ0) is 14.0. The number of ether oxygens (including phenoxy) is 1. The van der Waals surface area contributed by atoms with Crippen molar-refractivity contribution in [3.8, 4) is 5.75 Å². The van der Waals surface area contributed by atoms with Crippen molar-refractivity contribution in [1.29, 1.82) is 0 Å². The van der Waals surface area contributed by atoms with Crippen molar-refractivity contribution < 1.29 is 9.53 Å². The van der Waals surface area contributed by atoms with E-state index >= 15 is 0 Å². The van der Waals surface area contributed by atoms with Gasteiger partial charge in [-0.1, -0.05) is 6.42 Å². The van der Waals surface area contributed by atoms with Crippen molar-refractivity contribution in [3.63, 3.8) is 0 Å². The second-order valence-electron chi connectivity index (χ2n) is 5.97. The summed E-state index contributed by atoms with van der Waals surface area (Å²) < 4.78 is 5.59. The highest BCUT2D eigenvalue weighted by atomic mass is 16.5. The lowest BCUT2D eigenvalue weighted by molar-refractivity contribution is 0.246. The third-order valence-corrected chi connectivity index (χ3v) is 4.86. The second kappa shape index (κ2) is 5.41. The highest BCUT2D eigenvalue weighted by Crippen LogP contribution is 2.49. The van der Waals surface area contributed by atoms with Crippen molar-refractivity contribution in [2.24, 2.45) is 4.99 Å². The lowest BCUT2D eigenvalue weighted by atomic mass is 9.71. The molecule has 0 N–H and O–H groups in total. The van der Waals surface area contributed by atoms with Crippen LogP contribution < -0.4 is 4.74 Å². The lowest BCUT2D eigenvalue weighted by Crippen LogP contribution is -2.32. The van der Waals surface area contributed by atoms with Gasteiger partial charge in [0.2, 0.25) is 6.08 Å². The van der Waals surface area contributed by atoms with Gasteiger partial charge in [-0.15, -0.1) is 0 Å². The van der Waals surface area contributed by atoms with Gasteiger partial charge < -0.3 is 4.74 Å². The molecular formula is C17H21NO2. The Balaban J connectivity index is 2.10. The summed E-state index contributed by atoms with van der Waals surface area (Å²) in [7, 11) is 1.71. The Morgan fingerprint density at radius 2 is 1.80 bits per heavy atom. The number of hydrogen-bond acceptors (Lipinski definition) is 3. The predicted molar refractivity (Wildman–Crippen MR) is 77.9 cm³/mol. The third-order valence-electron chi connectivity index (χ3n) is 4.86. The van der Waals surface area contributed by atoms with E-state index in [1.54, 1.807) is 13.2 Å².